The molecule has 1 aliphatic carbocycles. The molecule has 23 heavy (non-hydrogen) atoms. The first kappa shape index (κ1) is 20.7. The second kappa shape index (κ2) is 12.1. The maximum Gasteiger partial charge on any atom is 0.190 e. The molecule has 2 aliphatic rings. The summed E-state index contributed by atoms with van der Waals surface area (Å²) in [6, 6.07) is 0. The van der Waals surface area contributed by atoms with E-state index in [4.69, 9.17) is 0 Å². The second-order valence-corrected chi connectivity index (χ2v) is 6.69. The van der Waals surface area contributed by atoms with Crippen molar-refractivity contribution >= 4 is 29.9 Å². The van der Waals surface area contributed by atoms with Gasteiger partial charge in [-0.05, 0) is 64.0 Å². The minimum Gasteiger partial charge on any atom is -0.356 e. The molecule has 134 valence electrons. The average molecular weight is 434 g/mol. The van der Waals surface area contributed by atoms with Gasteiger partial charge in [0.1, 0.15) is 0 Å². The Morgan fingerprint density at radius 1 is 1.35 bits per heavy atom. The highest BCUT2D eigenvalue weighted by Gasteiger charge is 2.21. The molecule has 4 nitrogen and oxygen atoms in total. The van der Waals surface area contributed by atoms with Crippen LogP contribution in [0.2, 0.25) is 0 Å². The summed E-state index contributed by atoms with van der Waals surface area (Å²) in [7, 11) is 1.87. The largest absolute Gasteiger partial charge is 0.356 e. The van der Waals surface area contributed by atoms with Gasteiger partial charge in [-0.15, -0.1) is 24.0 Å². The van der Waals surface area contributed by atoms with Crippen LogP contribution in [0.25, 0.3) is 0 Å². The van der Waals surface area contributed by atoms with E-state index in [1.807, 2.05) is 7.05 Å². The van der Waals surface area contributed by atoms with Crippen molar-refractivity contribution in [2.75, 3.05) is 39.8 Å². The highest BCUT2D eigenvalue weighted by Crippen LogP contribution is 2.19. The lowest BCUT2D eigenvalue weighted by Crippen LogP contribution is -2.40. The van der Waals surface area contributed by atoms with Crippen LogP contribution in [0.4, 0.5) is 0 Å². The third kappa shape index (κ3) is 7.88. The molecule has 2 N–H and O–H groups in total. The van der Waals surface area contributed by atoms with Crippen LogP contribution in [-0.2, 0) is 0 Å². The quantitative estimate of drug-likeness (QED) is 0.279. The highest BCUT2D eigenvalue weighted by atomic mass is 127. The molecular weight excluding hydrogens is 399 g/mol. The summed E-state index contributed by atoms with van der Waals surface area (Å²) in [5.41, 5.74) is 1.63. The van der Waals surface area contributed by atoms with Crippen molar-refractivity contribution in [2.24, 2.45) is 10.9 Å². The number of allylic oxidation sites excluding steroid dienone is 1. The molecule has 1 unspecified atom stereocenters. The first-order valence-electron chi connectivity index (χ1n) is 9.16. The molecule has 0 bridgehead atoms. The predicted molar refractivity (Wildman–Crippen MR) is 111 cm³/mol. The van der Waals surface area contributed by atoms with E-state index in [0.717, 1.165) is 31.4 Å². The Hall–Kier alpha value is -0.300. The first-order valence-corrected chi connectivity index (χ1v) is 9.16. The number of hydrogen-bond acceptors (Lipinski definition) is 2. The average Bonchev–Trinajstić information content (AvgIpc) is 3.00. The molecule has 0 aromatic rings. The third-order valence-electron chi connectivity index (χ3n) is 4.82. The monoisotopic (exact) mass is 434 g/mol. The molecule has 2 rings (SSSR count). The lowest BCUT2D eigenvalue weighted by atomic mass is 9.97. The van der Waals surface area contributed by atoms with Gasteiger partial charge in [-0.1, -0.05) is 18.6 Å². The number of hydrogen-bond donors (Lipinski definition) is 2. The Kier molecular flexibility index (Phi) is 10.9. The Labute approximate surface area is 159 Å². The van der Waals surface area contributed by atoms with Crippen molar-refractivity contribution < 1.29 is 0 Å². The summed E-state index contributed by atoms with van der Waals surface area (Å²) in [6.07, 6.45) is 11.5. The van der Waals surface area contributed by atoms with Crippen molar-refractivity contribution in [3.05, 3.63) is 11.6 Å². The van der Waals surface area contributed by atoms with Gasteiger partial charge in [-0.25, -0.2) is 0 Å². The van der Waals surface area contributed by atoms with Crippen LogP contribution in [0.5, 0.6) is 0 Å². The SMILES string of the molecule is CCCN1CCC(CNC(=NC)NCCC2=CCCCC2)C1.I. The van der Waals surface area contributed by atoms with E-state index in [-0.39, 0.29) is 24.0 Å². The lowest BCUT2D eigenvalue weighted by molar-refractivity contribution is 0.324. The van der Waals surface area contributed by atoms with Crippen molar-refractivity contribution in [3.63, 3.8) is 0 Å². The molecule has 1 aliphatic heterocycles. The maximum absolute atomic E-state index is 4.35. The molecule has 0 spiro atoms. The van der Waals surface area contributed by atoms with Gasteiger partial charge in [0.2, 0.25) is 0 Å². The van der Waals surface area contributed by atoms with E-state index >= 15 is 0 Å². The third-order valence-corrected chi connectivity index (χ3v) is 4.82. The highest BCUT2D eigenvalue weighted by molar-refractivity contribution is 14.0. The van der Waals surface area contributed by atoms with Crippen LogP contribution in [0.1, 0.15) is 51.9 Å². The number of nitrogens with one attached hydrogen (secondary N) is 2. The fourth-order valence-electron chi connectivity index (χ4n) is 3.53. The minimum atomic E-state index is 0. The van der Waals surface area contributed by atoms with Gasteiger partial charge < -0.3 is 15.5 Å². The molecule has 1 fully saturated rings. The first-order chi connectivity index (χ1) is 10.8. The Morgan fingerprint density at radius 2 is 2.22 bits per heavy atom. The maximum atomic E-state index is 4.35. The Morgan fingerprint density at radius 3 is 2.91 bits per heavy atom. The second-order valence-electron chi connectivity index (χ2n) is 6.69. The van der Waals surface area contributed by atoms with Crippen LogP contribution < -0.4 is 10.6 Å². The summed E-state index contributed by atoms with van der Waals surface area (Å²) >= 11 is 0. The van der Waals surface area contributed by atoms with Crippen molar-refractivity contribution in [3.8, 4) is 0 Å². The number of guanidine groups is 1. The molecule has 0 aromatic heterocycles. The summed E-state index contributed by atoms with van der Waals surface area (Å²) in [4.78, 5) is 6.93. The molecule has 1 heterocycles. The molecule has 0 amide bonds. The minimum absolute atomic E-state index is 0. The van der Waals surface area contributed by atoms with Crippen molar-refractivity contribution in [1.82, 2.24) is 15.5 Å². The van der Waals surface area contributed by atoms with Crippen LogP contribution in [0.3, 0.4) is 0 Å². The predicted octanol–water partition coefficient (Wildman–Crippen LogP) is 3.39. The Bertz CT molecular complexity index is 381. The zero-order valence-electron chi connectivity index (χ0n) is 14.9. The molecule has 0 radical (unpaired) electrons. The van der Waals surface area contributed by atoms with Gasteiger partial charge in [0, 0.05) is 26.7 Å². The summed E-state index contributed by atoms with van der Waals surface area (Å²) in [6.45, 7) is 8.06. The van der Waals surface area contributed by atoms with Gasteiger partial charge in [0.25, 0.3) is 0 Å². The normalized spacial score (nSPS) is 22.4. The van der Waals surface area contributed by atoms with E-state index in [9.17, 15) is 0 Å². The van der Waals surface area contributed by atoms with E-state index in [0.29, 0.717) is 0 Å². The summed E-state index contributed by atoms with van der Waals surface area (Å²) < 4.78 is 0. The van der Waals surface area contributed by atoms with E-state index in [2.05, 4.69) is 33.5 Å². The number of aliphatic imine (C=N–C) groups is 1. The molecule has 0 saturated carbocycles. The summed E-state index contributed by atoms with van der Waals surface area (Å²) in [5.74, 6) is 1.73. The topological polar surface area (TPSA) is 39.7 Å². The van der Waals surface area contributed by atoms with Gasteiger partial charge in [0.15, 0.2) is 5.96 Å². The lowest BCUT2D eigenvalue weighted by Gasteiger charge is -2.18. The van der Waals surface area contributed by atoms with Crippen molar-refractivity contribution in [2.45, 2.75) is 51.9 Å². The van der Waals surface area contributed by atoms with E-state index in [1.54, 1.807) is 5.57 Å². The van der Waals surface area contributed by atoms with Gasteiger partial charge in [-0.3, -0.25) is 4.99 Å². The number of halogens is 1. The standard InChI is InChI=1S/C18H34N4.HI/c1-3-12-22-13-10-17(15-22)14-21-18(19-2)20-11-9-16-7-5-4-6-8-16;/h7,17H,3-6,8-15H2,1-2H3,(H2,19,20,21);1H. The van der Waals surface area contributed by atoms with Crippen LogP contribution >= 0.6 is 24.0 Å². The number of likely N-dealkylation sites (tertiary alicyclic amines) is 1. The number of rotatable bonds is 7. The van der Waals surface area contributed by atoms with Crippen LogP contribution in [0, 0.1) is 5.92 Å². The van der Waals surface area contributed by atoms with Crippen LogP contribution in [-0.4, -0.2) is 50.6 Å². The summed E-state index contributed by atoms with van der Waals surface area (Å²) in [5, 5.41) is 6.97. The molecule has 5 heteroatoms. The molecular formula is C18H35IN4. The molecule has 1 atom stereocenters. The smallest absolute Gasteiger partial charge is 0.190 e. The van der Waals surface area contributed by atoms with Crippen molar-refractivity contribution in [1.29, 1.82) is 0 Å². The molecule has 0 aromatic carbocycles. The fourth-order valence-corrected chi connectivity index (χ4v) is 3.53. The van der Waals surface area contributed by atoms with Gasteiger partial charge in [0.05, 0.1) is 0 Å². The molecule has 1 saturated heterocycles. The van der Waals surface area contributed by atoms with E-state index in [1.165, 1.54) is 58.2 Å². The zero-order valence-corrected chi connectivity index (χ0v) is 17.3. The van der Waals surface area contributed by atoms with Gasteiger partial charge >= 0.3 is 0 Å². The fraction of sp³-hybridized carbons (Fsp3) is 0.833. The van der Waals surface area contributed by atoms with E-state index < -0.39 is 0 Å². The zero-order chi connectivity index (χ0) is 15.6. The van der Waals surface area contributed by atoms with Crippen LogP contribution in [0.15, 0.2) is 16.6 Å². The Balaban J connectivity index is 0.00000264. The van der Waals surface area contributed by atoms with Gasteiger partial charge in [-0.2, -0.15) is 0 Å². The number of nitrogens with zero attached hydrogens (tertiary/aromatic N) is 2.